The van der Waals surface area contributed by atoms with E-state index in [9.17, 15) is 9.59 Å². The molecule has 0 radical (unpaired) electrons. The van der Waals surface area contributed by atoms with Gasteiger partial charge in [0.2, 0.25) is 17.8 Å². The predicted octanol–water partition coefficient (Wildman–Crippen LogP) is 4.28. The highest BCUT2D eigenvalue weighted by Gasteiger charge is 2.52. The Balaban J connectivity index is 1.24. The second-order valence-electron chi connectivity index (χ2n) is 11.8. The third-order valence-corrected chi connectivity index (χ3v) is 8.90. The zero-order chi connectivity index (χ0) is 28.6. The van der Waals surface area contributed by atoms with Crippen molar-refractivity contribution < 1.29 is 14.0 Å². The molecular weight excluding hydrogens is 516 g/mol. The lowest BCUT2D eigenvalue weighted by atomic mass is 9.94. The first-order chi connectivity index (χ1) is 19.8. The summed E-state index contributed by atoms with van der Waals surface area (Å²) in [5.74, 6) is 2.28. The molecule has 9 nitrogen and oxygen atoms in total. The molecule has 4 heterocycles. The smallest absolute Gasteiger partial charge is 0.231 e. The minimum absolute atomic E-state index is 0.0202. The number of carbonyl (C=O) groups is 2. The average molecular weight is 557 g/mol. The van der Waals surface area contributed by atoms with E-state index in [0.717, 1.165) is 48.6 Å². The number of nitrogens with zero attached hydrogens (tertiary/aromatic N) is 5. The van der Waals surface area contributed by atoms with Gasteiger partial charge in [-0.1, -0.05) is 12.1 Å². The standard InChI is InChI=1S/C32H40N6O3/c1-22-7-9-26(27(19-22)37-13-5-4-6-14-37)29(28-10-8-23(2)41-28)35-30(40)32(11-12-32)25-20-33-31(34-21-25)38-17-15-36(16-18-38)24(3)39/h7-10,19-21,29H,4-6,11-18H2,1-3H3,(H,35,40). The molecule has 9 heteroatoms. The van der Waals surface area contributed by atoms with Gasteiger partial charge in [-0.15, -0.1) is 0 Å². The molecule has 1 aromatic carbocycles. The summed E-state index contributed by atoms with van der Waals surface area (Å²) in [7, 11) is 0. The number of anilines is 2. The Morgan fingerprint density at radius 1 is 0.902 bits per heavy atom. The highest BCUT2D eigenvalue weighted by atomic mass is 16.3. The van der Waals surface area contributed by atoms with Crippen LogP contribution in [0.2, 0.25) is 0 Å². The van der Waals surface area contributed by atoms with E-state index in [1.165, 1.54) is 30.5 Å². The fourth-order valence-corrected chi connectivity index (χ4v) is 6.21. The van der Waals surface area contributed by atoms with E-state index in [-0.39, 0.29) is 11.8 Å². The van der Waals surface area contributed by atoms with Crippen LogP contribution in [0.4, 0.5) is 11.6 Å². The number of hydrogen-bond acceptors (Lipinski definition) is 7. The Bertz CT molecular complexity index is 1400. The van der Waals surface area contributed by atoms with Gasteiger partial charge in [0.25, 0.3) is 0 Å². The van der Waals surface area contributed by atoms with E-state index in [4.69, 9.17) is 4.42 Å². The monoisotopic (exact) mass is 556 g/mol. The lowest BCUT2D eigenvalue weighted by Gasteiger charge is -2.34. The van der Waals surface area contributed by atoms with E-state index < -0.39 is 11.5 Å². The van der Waals surface area contributed by atoms with E-state index >= 15 is 0 Å². The molecule has 3 aromatic rings. The van der Waals surface area contributed by atoms with Crippen LogP contribution in [-0.2, 0) is 15.0 Å². The first-order valence-electron chi connectivity index (χ1n) is 14.9. The summed E-state index contributed by atoms with van der Waals surface area (Å²) in [6.07, 6.45) is 8.75. The molecule has 216 valence electrons. The molecule has 2 aliphatic heterocycles. The summed E-state index contributed by atoms with van der Waals surface area (Å²) >= 11 is 0. The van der Waals surface area contributed by atoms with Crippen molar-refractivity contribution >= 4 is 23.5 Å². The quantitative estimate of drug-likeness (QED) is 0.464. The van der Waals surface area contributed by atoms with Crippen molar-refractivity contribution in [3.8, 4) is 0 Å². The third kappa shape index (κ3) is 5.54. The number of carbonyl (C=O) groups excluding carboxylic acids is 2. The molecule has 2 amide bonds. The molecule has 3 aliphatic rings. The molecule has 1 N–H and O–H groups in total. The maximum atomic E-state index is 14.1. The number of amides is 2. The molecule has 1 unspecified atom stereocenters. The minimum Gasteiger partial charge on any atom is -0.464 e. The van der Waals surface area contributed by atoms with Crippen molar-refractivity contribution in [2.75, 3.05) is 49.1 Å². The maximum absolute atomic E-state index is 14.1. The van der Waals surface area contributed by atoms with E-state index in [1.54, 1.807) is 6.92 Å². The second-order valence-corrected chi connectivity index (χ2v) is 11.8. The van der Waals surface area contributed by atoms with E-state index in [0.29, 0.717) is 32.1 Å². The topological polar surface area (TPSA) is 94.8 Å². The van der Waals surface area contributed by atoms with E-state index in [1.807, 2.05) is 36.4 Å². The molecule has 2 aromatic heterocycles. The zero-order valence-corrected chi connectivity index (χ0v) is 24.4. The predicted molar refractivity (Wildman–Crippen MR) is 158 cm³/mol. The summed E-state index contributed by atoms with van der Waals surface area (Å²) < 4.78 is 6.13. The number of benzene rings is 1. The second kappa shape index (κ2) is 11.2. The van der Waals surface area contributed by atoms with Gasteiger partial charge < -0.3 is 24.4 Å². The molecule has 0 spiro atoms. The van der Waals surface area contributed by atoms with Gasteiger partial charge in [0.05, 0.1) is 5.41 Å². The van der Waals surface area contributed by atoms with Gasteiger partial charge in [-0.3, -0.25) is 9.59 Å². The molecule has 1 aliphatic carbocycles. The molecule has 3 fully saturated rings. The van der Waals surface area contributed by atoms with Crippen LogP contribution in [0.25, 0.3) is 0 Å². The number of aromatic nitrogens is 2. The summed E-state index contributed by atoms with van der Waals surface area (Å²) in [5.41, 5.74) is 3.64. The maximum Gasteiger partial charge on any atom is 0.231 e. The molecule has 0 bridgehead atoms. The fourth-order valence-electron chi connectivity index (χ4n) is 6.21. The number of piperazine rings is 1. The summed E-state index contributed by atoms with van der Waals surface area (Å²) in [6, 6.07) is 10.0. The first kappa shape index (κ1) is 27.3. The Hall–Kier alpha value is -3.88. The molecule has 6 rings (SSSR count). The van der Waals surface area contributed by atoms with Gasteiger partial charge in [0.15, 0.2) is 0 Å². The van der Waals surface area contributed by atoms with Crippen molar-refractivity contribution in [2.45, 2.75) is 64.3 Å². The van der Waals surface area contributed by atoms with Crippen LogP contribution in [0.5, 0.6) is 0 Å². The lowest BCUT2D eigenvalue weighted by molar-refractivity contribution is -0.129. The summed E-state index contributed by atoms with van der Waals surface area (Å²) in [6.45, 7) is 10.4. The van der Waals surface area contributed by atoms with Gasteiger partial charge in [-0.2, -0.15) is 0 Å². The Kier molecular flexibility index (Phi) is 7.45. The van der Waals surface area contributed by atoms with Gasteiger partial charge in [-0.25, -0.2) is 9.97 Å². The lowest BCUT2D eigenvalue weighted by Crippen LogP contribution is -2.48. The van der Waals surface area contributed by atoms with Gasteiger partial charge >= 0.3 is 0 Å². The molecule has 1 saturated carbocycles. The van der Waals surface area contributed by atoms with Crippen LogP contribution in [0.3, 0.4) is 0 Å². The zero-order valence-electron chi connectivity index (χ0n) is 24.4. The normalized spacial score (nSPS) is 19.1. The minimum atomic E-state index is -0.637. The van der Waals surface area contributed by atoms with Crippen LogP contribution in [0.15, 0.2) is 47.1 Å². The van der Waals surface area contributed by atoms with Crippen molar-refractivity contribution in [1.29, 1.82) is 0 Å². The van der Waals surface area contributed by atoms with Gasteiger partial charge in [0.1, 0.15) is 17.6 Å². The van der Waals surface area contributed by atoms with Crippen molar-refractivity contribution in [3.63, 3.8) is 0 Å². The van der Waals surface area contributed by atoms with Gasteiger partial charge in [-0.05, 0) is 69.7 Å². The Labute approximate surface area is 241 Å². The Morgan fingerprint density at radius 3 is 2.22 bits per heavy atom. The average Bonchev–Trinajstić information content (AvgIpc) is 3.71. The van der Waals surface area contributed by atoms with Crippen LogP contribution in [0.1, 0.15) is 73.3 Å². The van der Waals surface area contributed by atoms with Crippen LogP contribution >= 0.6 is 0 Å². The fraction of sp³-hybridized carbons (Fsp3) is 0.500. The number of nitrogens with one attached hydrogen (secondary N) is 1. The molecule has 2 saturated heterocycles. The third-order valence-electron chi connectivity index (χ3n) is 8.90. The summed E-state index contributed by atoms with van der Waals surface area (Å²) in [4.78, 5) is 41.4. The Morgan fingerprint density at radius 2 is 1.61 bits per heavy atom. The highest BCUT2D eigenvalue weighted by molar-refractivity contribution is 5.91. The summed E-state index contributed by atoms with van der Waals surface area (Å²) in [5, 5.41) is 3.39. The van der Waals surface area contributed by atoms with Crippen molar-refractivity contribution in [1.82, 2.24) is 20.2 Å². The van der Waals surface area contributed by atoms with E-state index in [2.05, 4.69) is 50.2 Å². The van der Waals surface area contributed by atoms with Crippen LogP contribution in [0, 0.1) is 13.8 Å². The highest BCUT2D eigenvalue weighted by Crippen LogP contribution is 2.49. The SMILES string of the molecule is CC(=O)N1CCN(c2ncc(C3(C(=O)NC(c4ccc(C)o4)c4ccc(C)cc4N4CCCCC4)CC3)cn2)CC1. The van der Waals surface area contributed by atoms with Crippen molar-refractivity contribution in [3.05, 3.63) is 70.9 Å². The van der Waals surface area contributed by atoms with Crippen LogP contribution < -0.4 is 15.1 Å². The number of furan rings is 1. The van der Waals surface area contributed by atoms with Crippen LogP contribution in [-0.4, -0.2) is 66.0 Å². The number of aryl methyl sites for hydroxylation is 2. The number of hydrogen-bond donors (Lipinski definition) is 1. The van der Waals surface area contributed by atoms with Crippen molar-refractivity contribution in [2.24, 2.45) is 0 Å². The van der Waals surface area contributed by atoms with Gasteiger partial charge in [0, 0.05) is 75.4 Å². The number of rotatable bonds is 7. The molecule has 41 heavy (non-hydrogen) atoms. The molecular formula is C32H40N6O3. The largest absolute Gasteiger partial charge is 0.464 e. The molecule has 1 atom stereocenters. The first-order valence-corrected chi connectivity index (χ1v) is 14.9. The number of piperidine rings is 1.